The molecule has 2 aromatic carbocycles. The zero-order chi connectivity index (χ0) is 22.8. The largest absolute Gasteiger partial charge is 0.507 e. The Bertz CT molecular complexity index is 1020. The van der Waals surface area contributed by atoms with Crippen molar-refractivity contribution in [3.05, 3.63) is 89.2 Å². The summed E-state index contributed by atoms with van der Waals surface area (Å²) in [6.45, 7) is 2.57. The number of aromatic nitrogens is 1. The predicted molar refractivity (Wildman–Crippen MR) is 127 cm³/mol. The van der Waals surface area contributed by atoms with Crippen molar-refractivity contribution in [3.8, 4) is 5.75 Å². The Morgan fingerprint density at radius 1 is 0.938 bits per heavy atom. The van der Waals surface area contributed by atoms with Gasteiger partial charge >= 0.3 is 0 Å². The van der Waals surface area contributed by atoms with Gasteiger partial charge in [0.1, 0.15) is 5.75 Å². The number of pyridine rings is 1. The molecule has 0 bridgehead atoms. The van der Waals surface area contributed by atoms with Crippen LogP contribution in [-0.4, -0.2) is 22.3 Å². The van der Waals surface area contributed by atoms with Crippen molar-refractivity contribution in [1.82, 2.24) is 4.98 Å². The molecule has 5 nitrogen and oxygen atoms in total. The zero-order valence-corrected chi connectivity index (χ0v) is 18.5. The summed E-state index contributed by atoms with van der Waals surface area (Å²) in [5.41, 5.74) is 3.48. The molecule has 1 amide bonds. The second kappa shape index (κ2) is 11.8. The molecule has 0 fully saturated rings. The number of rotatable bonds is 11. The van der Waals surface area contributed by atoms with E-state index in [0.29, 0.717) is 24.1 Å². The molecule has 0 radical (unpaired) electrons. The molecule has 1 N–H and O–H groups in total. The van der Waals surface area contributed by atoms with Crippen LogP contribution in [0.1, 0.15) is 70.9 Å². The maximum absolute atomic E-state index is 13.3. The Morgan fingerprint density at radius 3 is 2.31 bits per heavy atom. The molecule has 0 saturated carbocycles. The summed E-state index contributed by atoms with van der Waals surface area (Å²) in [4.78, 5) is 30.2. The van der Waals surface area contributed by atoms with Gasteiger partial charge in [0.05, 0.1) is 12.1 Å². The van der Waals surface area contributed by atoms with Crippen LogP contribution in [0.4, 0.5) is 5.69 Å². The number of aryl methyl sites for hydroxylation is 1. The van der Waals surface area contributed by atoms with Crippen LogP contribution in [0, 0.1) is 0 Å². The molecule has 0 atom stereocenters. The van der Waals surface area contributed by atoms with Crippen LogP contribution in [0.25, 0.3) is 0 Å². The van der Waals surface area contributed by atoms with E-state index in [9.17, 15) is 14.7 Å². The monoisotopic (exact) mass is 430 g/mol. The summed E-state index contributed by atoms with van der Waals surface area (Å²) in [6, 6.07) is 16.3. The molecule has 166 valence electrons. The summed E-state index contributed by atoms with van der Waals surface area (Å²) >= 11 is 0. The normalized spacial score (nSPS) is 10.7. The van der Waals surface area contributed by atoms with E-state index in [0.717, 1.165) is 12.0 Å². The van der Waals surface area contributed by atoms with Gasteiger partial charge in [-0.1, -0.05) is 56.9 Å². The Hall–Kier alpha value is -3.47. The fourth-order valence-corrected chi connectivity index (χ4v) is 3.66. The van der Waals surface area contributed by atoms with E-state index in [4.69, 9.17) is 0 Å². The third-order valence-electron chi connectivity index (χ3n) is 5.55. The Kier molecular flexibility index (Phi) is 8.55. The molecular formula is C27H30N2O3. The van der Waals surface area contributed by atoms with Crippen LogP contribution < -0.4 is 4.90 Å². The van der Waals surface area contributed by atoms with E-state index < -0.39 is 0 Å². The lowest BCUT2D eigenvalue weighted by Gasteiger charge is -2.24. The van der Waals surface area contributed by atoms with E-state index in [2.05, 4.69) is 36.2 Å². The highest BCUT2D eigenvalue weighted by molar-refractivity contribution is 6.06. The van der Waals surface area contributed by atoms with Gasteiger partial charge in [-0.15, -0.1) is 0 Å². The standard InChI is InChI=1S/C27H30N2O3/c1-2-3-4-5-6-7-21-8-10-22(11-9-21)19-29(27(32)23-14-16-28-17-15-23)25-12-13-26(31)24(18-25)20-30/h8-18,20,31H,2-7,19H2,1H3. The van der Waals surface area contributed by atoms with Crippen molar-refractivity contribution >= 4 is 17.9 Å². The molecule has 0 aliphatic heterocycles. The number of nitrogens with zero attached hydrogens (tertiary/aromatic N) is 2. The molecule has 1 aromatic heterocycles. The van der Waals surface area contributed by atoms with Crippen LogP contribution >= 0.6 is 0 Å². The highest BCUT2D eigenvalue weighted by Crippen LogP contribution is 2.26. The first-order valence-corrected chi connectivity index (χ1v) is 11.2. The summed E-state index contributed by atoms with van der Waals surface area (Å²) in [6.07, 6.45) is 11.1. The topological polar surface area (TPSA) is 70.5 Å². The summed E-state index contributed by atoms with van der Waals surface area (Å²) < 4.78 is 0. The van der Waals surface area contributed by atoms with Gasteiger partial charge in [-0.05, 0) is 54.3 Å². The van der Waals surface area contributed by atoms with E-state index in [1.165, 1.54) is 49.8 Å². The molecule has 3 aromatic rings. The number of phenols is 1. The number of carbonyl (C=O) groups excluding carboxylic acids is 2. The second-order valence-corrected chi connectivity index (χ2v) is 7.97. The van der Waals surface area contributed by atoms with Gasteiger partial charge in [0.15, 0.2) is 6.29 Å². The van der Waals surface area contributed by atoms with E-state index in [1.54, 1.807) is 35.5 Å². The first-order valence-electron chi connectivity index (χ1n) is 11.2. The van der Waals surface area contributed by atoms with Gasteiger partial charge < -0.3 is 10.0 Å². The maximum Gasteiger partial charge on any atom is 0.258 e. The molecule has 0 aliphatic rings. The molecular weight excluding hydrogens is 400 g/mol. The van der Waals surface area contributed by atoms with Crippen molar-refractivity contribution in [2.75, 3.05) is 4.90 Å². The minimum absolute atomic E-state index is 0.108. The fraction of sp³-hybridized carbons (Fsp3) is 0.296. The van der Waals surface area contributed by atoms with Crippen molar-refractivity contribution in [2.45, 2.75) is 52.0 Å². The zero-order valence-electron chi connectivity index (χ0n) is 18.5. The first-order chi connectivity index (χ1) is 15.6. The highest BCUT2D eigenvalue weighted by Gasteiger charge is 2.19. The lowest BCUT2D eigenvalue weighted by molar-refractivity contribution is 0.0984. The maximum atomic E-state index is 13.3. The number of hydrogen-bond donors (Lipinski definition) is 1. The predicted octanol–water partition coefficient (Wildman–Crippen LogP) is 5.96. The van der Waals surface area contributed by atoms with Crippen LogP contribution in [0.15, 0.2) is 67.0 Å². The van der Waals surface area contributed by atoms with Crippen LogP contribution in [0.2, 0.25) is 0 Å². The van der Waals surface area contributed by atoms with E-state index >= 15 is 0 Å². The van der Waals surface area contributed by atoms with Crippen LogP contribution in [0.3, 0.4) is 0 Å². The first kappa shape index (κ1) is 23.2. The number of unbranched alkanes of at least 4 members (excludes halogenated alkanes) is 4. The Morgan fingerprint density at radius 2 is 1.62 bits per heavy atom. The lowest BCUT2D eigenvalue weighted by atomic mass is 10.0. The Balaban J connectivity index is 1.78. The van der Waals surface area contributed by atoms with Crippen LogP contribution in [-0.2, 0) is 13.0 Å². The third kappa shape index (κ3) is 6.27. The molecule has 32 heavy (non-hydrogen) atoms. The molecule has 3 rings (SSSR count). The number of aldehydes is 1. The quantitative estimate of drug-likeness (QED) is 0.301. The SMILES string of the molecule is CCCCCCCc1ccc(CN(C(=O)c2ccncc2)c2ccc(O)c(C=O)c2)cc1. The molecule has 0 aliphatic carbocycles. The minimum atomic E-state index is -0.199. The molecule has 1 heterocycles. The number of hydrogen-bond acceptors (Lipinski definition) is 4. The van der Waals surface area contributed by atoms with Gasteiger partial charge in [-0.25, -0.2) is 0 Å². The smallest absolute Gasteiger partial charge is 0.258 e. The number of benzene rings is 2. The average Bonchev–Trinajstić information content (AvgIpc) is 2.84. The summed E-state index contributed by atoms with van der Waals surface area (Å²) in [7, 11) is 0. The van der Waals surface area contributed by atoms with Gasteiger partial charge in [-0.2, -0.15) is 0 Å². The Labute approximate surface area is 189 Å². The molecule has 0 saturated heterocycles. The number of anilines is 1. The highest BCUT2D eigenvalue weighted by atomic mass is 16.3. The van der Waals surface area contributed by atoms with E-state index in [-0.39, 0.29) is 17.2 Å². The van der Waals surface area contributed by atoms with Gasteiger partial charge in [0.25, 0.3) is 5.91 Å². The van der Waals surface area contributed by atoms with Gasteiger partial charge in [0.2, 0.25) is 0 Å². The van der Waals surface area contributed by atoms with Crippen molar-refractivity contribution < 1.29 is 14.7 Å². The molecule has 0 unspecified atom stereocenters. The number of aromatic hydroxyl groups is 1. The van der Waals surface area contributed by atoms with Crippen molar-refractivity contribution in [1.29, 1.82) is 0 Å². The second-order valence-electron chi connectivity index (χ2n) is 7.97. The fourth-order valence-electron chi connectivity index (χ4n) is 3.66. The van der Waals surface area contributed by atoms with Gasteiger partial charge in [-0.3, -0.25) is 14.6 Å². The average molecular weight is 431 g/mol. The summed E-state index contributed by atoms with van der Waals surface area (Å²) in [5, 5.41) is 9.87. The molecule has 0 spiro atoms. The minimum Gasteiger partial charge on any atom is -0.507 e. The summed E-state index contributed by atoms with van der Waals surface area (Å²) in [5.74, 6) is -0.307. The van der Waals surface area contributed by atoms with Crippen molar-refractivity contribution in [3.63, 3.8) is 0 Å². The number of amides is 1. The molecule has 5 heteroatoms. The lowest BCUT2D eigenvalue weighted by Crippen LogP contribution is -2.30. The number of carbonyl (C=O) groups is 2. The van der Waals surface area contributed by atoms with Crippen LogP contribution in [0.5, 0.6) is 5.75 Å². The van der Waals surface area contributed by atoms with Gasteiger partial charge in [0, 0.05) is 23.6 Å². The van der Waals surface area contributed by atoms with E-state index in [1.807, 2.05) is 0 Å². The van der Waals surface area contributed by atoms with Crippen molar-refractivity contribution in [2.24, 2.45) is 0 Å². The number of phenolic OH excluding ortho intramolecular Hbond substituents is 1. The third-order valence-corrected chi connectivity index (χ3v) is 5.55.